The molecule has 1 aromatic rings. The van der Waals surface area contributed by atoms with Gasteiger partial charge in [0.2, 0.25) is 5.78 Å². The molecule has 82 valence electrons. The standard InChI is InChI=1S/C10H15N3OS/c1-12-5-6-15-7-9(12)10(14)8-3-4-13(2)11-8/h3-4,9H,5-7H2,1-2H3. The van der Waals surface area contributed by atoms with Crippen LogP contribution < -0.4 is 0 Å². The lowest BCUT2D eigenvalue weighted by Gasteiger charge is -2.30. The van der Waals surface area contributed by atoms with E-state index in [0.717, 1.165) is 18.1 Å². The van der Waals surface area contributed by atoms with Crippen molar-refractivity contribution in [3.05, 3.63) is 18.0 Å². The molecule has 1 aliphatic rings. The minimum absolute atomic E-state index is 0.00125. The summed E-state index contributed by atoms with van der Waals surface area (Å²) in [5.74, 6) is 2.14. The SMILES string of the molecule is CN1CCSCC1C(=O)c1ccn(C)n1. The average Bonchev–Trinajstić information content (AvgIpc) is 2.65. The Kier molecular flexibility index (Phi) is 3.11. The van der Waals surface area contributed by atoms with Gasteiger partial charge in [0.1, 0.15) is 5.69 Å². The van der Waals surface area contributed by atoms with E-state index in [9.17, 15) is 4.79 Å². The average molecular weight is 225 g/mol. The lowest BCUT2D eigenvalue weighted by Crippen LogP contribution is -2.44. The van der Waals surface area contributed by atoms with Gasteiger partial charge in [0.25, 0.3) is 0 Å². The van der Waals surface area contributed by atoms with E-state index in [-0.39, 0.29) is 11.8 Å². The van der Waals surface area contributed by atoms with E-state index in [2.05, 4.69) is 10.00 Å². The van der Waals surface area contributed by atoms with Crippen LogP contribution in [0.4, 0.5) is 0 Å². The summed E-state index contributed by atoms with van der Waals surface area (Å²) in [6.07, 6.45) is 1.81. The second kappa shape index (κ2) is 4.37. The first-order valence-electron chi connectivity index (χ1n) is 5.00. The fraction of sp³-hybridized carbons (Fsp3) is 0.600. The molecule has 0 aromatic carbocycles. The second-order valence-electron chi connectivity index (χ2n) is 3.81. The minimum Gasteiger partial charge on any atom is -0.295 e. The maximum absolute atomic E-state index is 12.1. The van der Waals surface area contributed by atoms with Crippen LogP contribution in [0.25, 0.3) is 0 Å². The number of hydrogen-bond donors (Lipinski definition) is 0. The van der Waals surface area contributed by atoms with Crippen LogP contribution in [0.3, 0.4) is 0 Å². The molecule has 0 amide bonds. The molecule has 2 rings (SSSR count). The number of rotatable bonds is 2. The molecule has 1 unspecified atom stereocenters. The maximum atomic E-state index is 12.1. The molecule has 4 nitrogen and oxygen atoms in total. The van der Waals surface area contributed by atoms with Crippen molar-refractivity contribution in [3.63, 3.8) is 0 Å². The van der Waals surface area contributed by atoms with Gasteiger partial charge in [0.15, 0.2) is 0 Å². The molecule has 0 radical (unpaired) electrons. The summed E-state index contributed by atoms with van der Waals surface area (Å²) in [5, 5.41) is 4.15. The number of nitrogens with zero attached hydrogens (tertiary/aromatic N) is 3. The number of thioether (sulfide) groups is 1. The van der Waals surface area contributed by atoms with Crippen molar-refractivity contribution in [2.45, 2.75) is 6.04 Å². The van der Waals surface area contributed by atoms with Crippen LogP contribution in [0.5, 0.6) is 0 Å². The van der Waals surface area contributed by atoms with Gasteiger partial charge in [-0.3, -0.25) is 14.4 Å². The zero-order valence-electron chi connectivity index (χ0n) is 9.01. The Morgan fingerprint density at radius 2 is 2.40 bits per heavy atom. The fourth-order valence-corrected chi connectivity index (χ4v) is 2.89. The van der Waals surface area contributed by atoms with Crippen molar-refractivity contribution < 1.29 is 4.79 Å². The summed E-state index contributed by atoms with van der Waals surface area (Å²) in [6, 6.07) is 1.79. The lowest BCUT2D eigenvalue weighted by atomic mass is 10.1. The molecule has 1 saturated heterocycles. The Morgan fingerprint density at radius 1 is 1.60 bits per heavy atom. The Labute approximate surface area is 93.6 Å². The van der Waals surface area contributed by atoms with E-state index < -0.39 is 0 Å². The Bertz CT molecular complexity index is 363. The quantitative estimate of drug-likeness (QED) is 0.693. The molecular formula is C10H15N3OS. The molecule has 0 spiro atoms. The first-order chi connectivity index (χ1) is 7.18. The van der Waals surface area contributed by atoms with Crippen molar-refractivity contribution in [1.82, 2.24) is 14.7 Å². The first kappa shape index (κ1) is 10.7. The Morgan fingerprint density at radius 3 is 3.00 bits per heavy atom. The first-order valence-corrected chi connectivity index (χ1v) is 6.16. The molecule has 0 bridgehead atoms. The zero-order chi connectivity index (χ0) is 10.8. The van der Waals surface area contributed by atoms with Crippen molar-refractivity contribution >= 4 is 17.5 Å². The molecule has 2 heterocycles. The predicted molar refractivity (Wildman–Crippen MR) is 61.3 cm³/mol. The molecule has 0 N–H and O–H groups in total. The highest BCUT2D eigenvalue weighted by Gasteiger charge is 2.28. The van der Waals surface area contributed by atoms with E-state index in [0.29, 0.717) is 5.69 Å². The number of carbonyl (C=O) groups is 1. The summed E-state index contributed by atoms with van der Waals surface area (Å²) in [5.41, 5.74) is 0.580. The maximum Gasteiger partial charge on any atom is 0.200 e. The van der Waals surface area contributed by atoms with Gasteiger partial charge in [-0.15, -0.1) is 0 Å². The third-order valence-electron chi connectivity index (χ3n) is 2.66. The Balaban J connectivity index is 2.13. The number of Topliss-reactive ketones (excluding diaryl/α,β-unsaturated/α-hetero) is 1. The number of likely N-dealkylation sites (N-methyl/N-ethyl adjacent to an activating group) is 1. The van der Waals surface area contributed by atoms with Gasteiger partial charge < -0.3 is 0 Å². The largest absolute Gasteiger partial charge is 0.295 e. The van der Waals surface area contributed by atoms with Gasteiger partial charge in [-0.05, 0) is 13.1 Å². The number of aryl methyl sites for hydroxylation is 1. The smallest absolute Gasteiger partial charge is 0.200 e. The van der Waals surface area contributed by atoms with Gasteiger partial charge in [-0.25, -0.2) is 0 Å². The summed E-state index contributed by atoms with van der Waals surface area (Å²) in [7, 11) is 3.83. The predicted octanol–water partition coefficient (Wildman–Crippen LogP) is 0.650. The topological polar surface area (TPSA) is 38.1 Å². The summed E-state index contributed by atoms with van der Waals surface area (Å²) >= 11 is 1.84. The third kappa shape index (κ3) is 2.23. The highest BCUT2D eigenvalue weighted by Crippen LogP contribution is 2.17. The van der Waals surface area contributed by atoms with Crippen molar-refractivity contribution in [1.29, 1.82) is 0 Å². The van der Waals surface area contributed by atoms with E-state index in [1.54, 1.807) is 10.7 Å². The van der Waals surface area contributed by atoms with Crippen LogP contribution in [-0.4, -0.2) is 51.6 Å². The van der Waals surface area contributed by atoms with Gasteiger partial charge in [-0.1, -0.05) is 0 Å². The van der Waals surface area contributed by atoms with E-state index in [1.807, 2.05) is 32.1 Å². The fourth-order valence-electron chi connectivity index (χ4n) is 1.68. The highest BCUT2D eigenvalue weighted by atomic mass is 32.2. The molecule has 1 aromatic heterocycles. The van der Waals surface area contributed by atoms with Crippen molar-refractivity contribution in [3.8, 4) is 0 Å². The zero-order valence-corrected chi connectivity index (χ0v) is 9.83. The van der Waals surface area contributed by atoms with Crippen LogP contribution in [0.2, 0.25) is 0 Å². The van der Waals surface area contributed by atoms with Gasteiger partial charge in [-0.2, -0.15) is 16.9 Å². The van der Waals surface area contributed by atoms with E-state index in [1.165, 1.54) is 0 Å². The normalized spacial score (nSPS) is 22.9. The number of aromatic nitrogens is 2. The van der Waals surface area contributed by atoms with Crippen LogP contribution in [0.15, 0.2) is 12.3 Å². The van der Waals surface area contributed by atoms with Crippen LogP contribution in [-0.2, 0) is 7.05 Å². The van der Waals surface area contributed by atoms with Crippen LogP contribution in [0, 0.1) is 0 Å². The Hall–Kier alpha value is -0.810. The molecule has 0 saturated carbocycles. The molecule has 0 aliphatic carbocycles. The van der Waals surface area contributed by atoms with Crippen LogP contribution in [0.1, 0.15) is 10.5 Å². The molecule has 1 fully saturated rings. The summed E-state index contributed by atoms with van der Waals surface area (Å²) in [4.78, 5) is 14.2. The monoisotopic (exact) mass is 225 g/mol. The van der Waals surface area contributed by atoms with Crippen molar-refractivity contribution in [2.24, 2.45) is 7.05 Å². The minimum atomic E-state index is -0.00125. The van der Waals surface area contributed by atoms with Crippen molar-refractivity contribution in [2.75, 3.05) is 25.1 Å². The molecule has 1 aliphatic heterocycles. The van der Waals surface area contributed by atoms with Gasteiger partial charge in [0.05, 0.1) is 6.04 Å². The van der Waals surface area contributed by atoms with Gasteiger partial charge in [0, 0.05) is 31.3 Å². The second-order valence-corrected chi connectivity index (χ2v) is 4.96. The molecule has 15 heavy (non-hydrogen) atoms. The van der Waals surface area contributed by atoms with E-state index >= 15 is 0 Å². The summed E-state index contributed by atoms with van der Waals surface area (Å²) in [6.45, 7) is 0.980. The summed E-state index contributed by atoms with van der Waals surface area (Å²) < 4.78 is 1.67. The lowest BCUT2D eigenvalue weighted by molar-refractivity contribution is 0.0868. The number of hydrogen-bond acceptors (Lipinski definition) is 4. The molecule has 1 atom stereocenters. The highest BCUT2D eigenvalue weighted by molar-refractivity contribution is 7.99. The van der Waals surface area contributed by atoms with E-state index in [4.69, 9.17) is 0 Å². The molecule has 5 heteroatoms. The van der Waals surface area contributed by atoms with Crippen LogP contribution >= 0.6 is 11.8 Å². The third-order valence-corrected chi connectivity index (χ3v) is 3.69. The number of carbonyl (C=O) groups excluding carboxylic acids is 1. The molecular weight excluding hydrogens is 210 g/mol. The van der Waals surface area contributed by atoms with Gasteiger partial charge >= 0.3 is 0 Å². The number of ketones is 1.